The molecule has 0 saturated carbocycles. The maximum absolute atomic E-state index is 14.9. The fourth-order valence-electron chi connectivity index (χ4n) is 4.22. The van der Waals surface area contributed by atoms with Crippen molar-refractivity contribution < 1.29 is 34.8 Å². The van der Waals surface area contributed by atoms with Crippen LogP contribution in [0.4, 0.5) is 32.3 Å². The Morgan fingerprint density at radius 2 is 1.82 bits per heavy atom. The molecule has 0 unspecified atom stereocenters. The number of alkyl halides is 4. The van der Waals surface area contributed by atoms with Crippen molar-refractivity contribution in [2.75, 3.05) is 24.7 Å². The molecule has 3 heterocycles. The predicted octanol–water partition coefficient (Wildman–Crippen LogP) is 3.91. The first kappa shape index (κ1) is 29.7. The SMILES string of the molecule is CC(C)NCc1cc(F)c(-n2cnc(-c3nc(N[C@@H]4CCN(S(C)(=O)=O)C[C@H]4F)ncc3C(F)(F)F)c2)c(F)c1. The van der Waals surface area contributed by atoms with Crippen molar-refractivity contribution in [1.29, 1.82) is 0 Å². The topological polar surface area (TPSA) is 105 Å². The highest BCUT2D eigenvalue weighted by Gasteiger charge is 2.37. The molecule has 9 nitrogen and oxygen atoms in total. The van der Waals surface area contributed by atoms with Gasteiger partial charge >= 0.3 is 6.18 Å². The monoisotopic (exact) mass is 591 g/mol. The summed E-state index contributed by atoms with van der Waals surface area (Å²) in [7, 11) is -3.61. The van der Waals surface area contributed by atoms with Gasteiger partial charge in [-0.05, 0) is 24.1 Å². The van der Waals surface area contributed by atoms with Crippen molar-refractivity contribution in [1.82, 2.24) is 29.1 Å². The fraction of sp³-hybridized carbons (Fsp3) is 0.458. The third-order valence-electron chi connectivity index (χ3n) is 6.26. The van der Waals surface area contributed by atoms with E-state index in [-0.39, 0.29) is 37.2 Å². The van der Waals surface area contributed by atoms with Gasteiger partial charge in [0.1, 0.15) is 35.1 Å². The number of benzene rings is 1. The molecular weight excluding hydrogens is 564 g/mol. The molecule has 2 aromatic heterocycles. The standard InChI is InChI=1S/C24H27F6N7O2S/c1-13(2)31-8-14-6-16(25)22(17(26)7-14)36-11-20(33-12-36)21-15(24(28,29)30)9-32-23(35-21)34-19-4-5-37(10-18(19)27)40(3,38)39/h6-7,9,11-13,18-19,31H,4-5,8,10H2,1-3H3,(H,32,34,35)/t18-,19-/m1/s1. The summed E-state index contributed by atoms with van der Waals surface area (Å²) < 4.78 is 111. The highest BCUT2D eigenvalue weighted by Crippen LogP contribution is 2.36. The number of sulfonamides is 1. The molecular formula is C24H27F6N7O2S. The van der Waals surface area contributed by atoms with Gasteiger partial charge in [0.25, 0.3) is 0 Å². The zero-order valence-corrected chi connectivity index (χ0v) is 22.5. The molecule has 1 aliphatic rings. The third kappa shape index (κ3) is 6.72. The lowest BCUT2D eigenvalue weighted by atomic mass is 10.1. The van der Waals surface area contributed by atoms with Gasteiger partial charge in [-0.3, -0.25) is 0 Å². The summed E-state index contributed by atoms with van der Waals surface area (Å²) >= 11 is 0. The number of imidazole rings is 1. The summed E-state index contributed by atoms with van der Waals surface area (Å²) in [6, 6.07) is 1.34. The summed E-state index contributed by atoms with van der Waals surface area (Å²) in [6.07, 6.45) is -3.16. The molecule has 0 aliphatic carbocycles. The van der Waals surface area contributed by atoms with E-state index in [2.05, 4.69) is 25.6 Å². The molecule has 1 saturated heterocycles. The summed E-state index contributed by atoms with van der Waals surface area (Å²) in [5.41, 5.74) is -2.50. The second-order valence-corrected chi connectivity index (χ2v) is 11.7. The predicted molar refractivity (Wildman–Crippen MR) is 135 cm³/mol. The molecule has 1 aliphatic heterocycles. The van der Waals surface area contributed by atoms with Crippen LogP contribution in [0.15, 0.2) is 30.9 Å². The molecule has 16 heteroatoms. The molecule has 1 fully saturated rings. The summed E-state index contributed by atoms with van der Waals surface area (Å²) in [5, 5.41) is 5.66. The first-order valence-electron chi connectivity index (χ1n) is 12.2. The Bertz CT molecular complexity index is 1460. The zero-order valence-electron chi connectivity index (χ0n) is 21.7. The van der Waals surface area contributed by atoms with Crippen molar-refractivity contribution in [2.45, 2.75) is 51.2 Å². The van der Waals surface area contributed by atoms with Crippen LogP contribution in [-0.4, -0.2) is 69.8 Å². The number of piperidine rings is 1. The van der Waals surface area contributed by atoms with E-state index >= 15 is 0 Å². The van der Waals surface area contributed by atoms with Crippen LogP contribution in [0, 0.1) is 11.6 Å². The highest BCUT2D eigenvalue weighted by molar-refractivity contribution is 7.88. The molecule has 2 N–H and O–H groups in total. The maximum atomic E-state index is 14.9. The smallest absolute Gasteiger partial charge is 0.348 e. The summed E-state index contributed by atoms with van der Waals surface area (Å²) in [6.45, 7) is 3.51. The van der Waals surface area contributed by atoms with Gasteiger partial charge in [0.15, 0.2) is 11.6 Å². The number of anilines is 1. The van der Waals surface area contributed by atoms with Crippen molar-refractivity contribution in [3.05, 3.63) is 53.6 Å². The molecule has 3 aromatic rings. The number of hydrogen-bond acceptors (Lipinski definition) is 7. The van der Waals surface area contributed by atoms with Crippen molar-refractivity contribution in [3.63, 3.8) is 0 Å². The number of halogens is 6. The van der Waals surface area contributed by atoms with Crippen molar-refractivity contribution >= 4 is 16.0 Å². The molecule has 0 spiro atoms. The quantitative estimate of drug-likeness (QED) is 0.383. The second kappa shape index (κ2) is 11.3. The minimum Gasteiger partial charge on any atom is -0.348 e. The average molecular weight is 592 g/mol. The van der Waals surface area contributed by atoms with Crippen LogP contribution in [-0.2, 0) is 22.7 Å². The number of rotatable bonds is 8. The van der Waals surface area contributed by atoms with Gasteiger partial charge in [-0.2, -0.15) is 17.5 Å². The van der Waals surface area contributed by atoms with E-state index < -0.39 is 63.5 Å². The lowest BCUT2D eigenvalue weighted by Crippen LogP contribution is -2.49. The van der Waals surface area contributed by atoms with Crippen LogP contribution in [0.2, 0.25) is 0 Å². The highest BCUT2D eigenvalue weighted by atomic mass is 32.2. The number of nitrogens with zero attached hydrogens (tertiary/aromatic N) is 5. The molecule has 4 rings (SSSR count). The largest absolute Gasteiger partial charge is 0.420 e. The Hall–Kier alpha value is -3.24. The number of nitrogens with one attached hydrogen (secondary N) is 2. The van der Waals surface area contributed by atoms with Crippen LogP contribution >= 0.6 is 0 Å². The maximum Gasteiger partial charge on any atom is 0.420 e. The van der Waals surface area contributed by atoms with Crippen LogP contribution in [0.5, 0.6) is 0 Å². The third-order valence-corrected chi connectivity index (χ3v) is 7.53. The summed E-state index contributed by atoms with van der Waals surface area (Å²) in [5.74, 6) is -2.24. The zero-order chi connectivity index (χ0) is 29.4. The molecule has 0 bridgehead atoms. The average Bonchev–Trinajstić information content (AvgIpc) is 3.32. The van der Waals surface area contributed by atoms with Gasteiger partial charge in [-0.1, -0.05) is 13.8 Å². The van der Waals surface area contributed by atoms with Gasteiger partial charge in [-0.15, -0.1) is 0 Å². The Kier molecular flexibility index (Phi) is 8.42. The lowest BCUT2D eigenvalue weighted by molar-refractivity contribution is -0.137. The molecule has 2 atom stereocenters. The van der Waals surface area contributed by atoms with Crippen molar-refractivity contribution in [3.8, 4) is 17.1 Å². The van der Waals surface area contributed by atoms with Gasteiger partial charge in [0.05, 0.1) is 12.3 Å². The molecule has 1 aromatic carbocycles. The van der Waals surface area contributed by atoms with E-state index in [0.717, 1.165) is 39.8 Å². The van der Waals surface area contributed by atoms with E-state index in [9.17, 15) is 34.8 Å². The fourth-order valence-corrected chi connectivity index (χ4v) is 5.07. The van der Waals surface area contributed by atoms with Crippen LogP contribution < -0.4 is 10.6 Å². The number of hydrogen-bond donors (Lipinski definition) is 2. The Morgan fingerprint density at radius 3 is 2.40 bits per heavy atom. The van der Waals surface area contributed by atoms with E-state index in [0.29, 0.717) is 11.8 Å². The van der Waals surface area contributed by atoms with Crippen LogP contribution in [0.1, 0.15) is 31.4 Å². The van der Waals surface area contributed by atoms with E-state index in [4.69, 9.17) is 0 Å². The second-order valence-electron chi connectivity index (χ2n) is 9.74. The van der Waals surface area contributed by atoms with E-state index in [1.54, 1.807) is 0 Å². The van der Waals surface area contributed by atoms with Gasteiger partial charge in [0, 0.05) is 38.1 Å². The molecule has 0 amide bonds. The molecule has 40 heavy (non-hydrogen) atoms. The van der Waals surface area contributed by atoms with Crippen LogP contribution in [0.3, 0.4) is 0 Å². The van der Waals surface area contributed by atoms with Crippen LogP contribution in [0.25, 0.3) is 17.1 Å². The minimum atomic E-state index is -4.90. The normalized spacial score (nSPS) is 18.9. The van der Waals surface area contributed by atoms with Crippen molar-refractivity contribution in [2.24, 2.45) is 0 Å². The lowest BCUT2D eigenvalue weighted by Gasteiger charge is -2.33. The Labute approximate surface area is 226 Å². The molecule has 0 radical (unpaired) electrons. The van der Waals surface area contributed by atoms with Gasteiger partial charge < -0.3 is 15.2 Å². The Balaban J connectivity index is 1.63. The van der Waals surface area contributed by atoms with Gasteiger partial charge in [-0.25, -0.2) is 36.5 Å². The Morgan fingerprint density at radius 1 is 1.15 bits per heavy atom. The first-order chi connectivity index (χ1) is 18.6. The van der Waals surface area contributed by atoms with Gasteiger partial charge in [0.2, 0.25) is 16.0 Å². The first-order valence-corrected chi connectivity index (χ1v) is 14.0. The summed E-state index contributed by atoms with van der Waals surface area (Å²) in [4.78, 5) is 11.5. The number of aromatic nitrogens is 4. The van der Waals surface area contributed by atoms with E-state index in [1.165, 1.54) is 0 Å². The van der Waals surface area contributed by atoms with E-state index in [1.807, 2.05) is 13.8 Å². The molecule has 218 valence electrons. The minimum absolute atomic E-state index is 0.00172.